The Bertz CT molecular complexity index is 2050. The molecule has 0 amide bonds. The zero-order valence-corrected chi connectivity index (χ0v) is 51.4. The van der Waals surface area contributed by atoms with Crippen molar-refractivity contribution in [3.63, 3.8) is 0 Å². The van der Waals surface area contributed by atoms with Gasteiger partial charge in [-0.1, -0.05) is 221 Å². The molecule has 0 saturated carbocycles. The Morgan fingerprint density at radius 2 is 0.675 bits per heavy atom. The molecule has 2 atom stereocenters. The third kappa shape index (κ3) is 62.1. The summed E-state index contributed by atoms with van der Waals surface area (Å²) >= 11 is 0. The summed E-state index contributed by atoms with van der Waals surface area (Å²) in [5.74, 6) is -0.898. The Kier molecular flexibility index (Phi) is 54.7. The maximum absolute atomic E-state index is 12.8. The van der Waals surface area contributed by atoms with Crippen molar-refractivity contribution in [3.8, 4) is 0 Å². The highest BCUT2D eigenvalue weighted by Crippen LogP contribution is 2.43. The van der Waals surface area contributed by atoms with Gasteiger partial charge in [-0.05, 0) is 141 Å². The van der Waals surface area contributed by atoms with Crippen LogP contribution in [0.5, 0.6) is 0 Å². The summed E-state index contributed by atoms with van der Waals surface area (Å²) in [5.41, 5.74) is 0. The lowest BCUT2D eigenvalue weighted by Gasteiger charge is -2.24. The topological polar surface area (TPSA) is 108 Å². The fourth-order valence-electron chi connectivity index (χ4n) is 7.04. The van der Waals surface area contributed by atoms with Crippen LogP contribution in [-0.2, 0) is 32.7 Å². The number of ether oxygens (including phenoxy) is 2. The van der Waals surface area contributed by atoms with Crippen LogP contribution in [0.15, 0.2) is 194 Å². The second kappa shape index (κ2) is 58.5. The number of esters is 2. The van der Waals surface area contributed by atoms with Crippen LogP contribution in [0.25, 0.3) is 0 Å². The monoisotopic (exact) mass is 1120 g/mol. The average molecular weight is 1120 g/mol. The van der Waals surface area contributed by atoms with E-state index in [0.29, 0.717) is 23.9 Å². The Balaban J connectivity index is 4.34. The van der Waals surface area contributed by atoms with Crippen LogP contribution in [0.1, 0.15) is 181 Å². The quantitative estimate of drug-likeness (QED) is 0.0211. The third-order valence-corrected chi connectivity index (χ3v) is 12.6. The van der Waals surface area contributed by atoms with Crippen molar-refractivity contribution in [2.75, 3.05) is 47.5 Å². The van der Waals surface area contributed by atoms with Crippen molar-refractivity contribution >= 4 is 19.8 Å². The molecule has 0 saturated heterocycles. The van der Waals surface area contributed by atoms with E-state index in [9.17, 15) is 19.0 Å². The van der Waals surface area contributed by atoms with Gasteiger partial charge >= 0.3 is 19.8 Å². The number of unbranched alkanes of at least 4 members (excludes halogenated alkanes) is 6. The Morgan fingerprint density at radius 1 is 0.388 bits per heavy atom. The molecule has 0 bridgehead atoms. The summed E-state index contributed by atoms with van der Waals surface area (Å²) in [4.78, 5) is 35.7. The number of hydrogen-bond acceptors (Lipinski definition) is 7. The SMILES string of the molecule is CC/C=C\C/C=C\C/C=C\C/C=C\C/C=C\C/C=C\C/C=C\C/C=C\C/C=C\C/C=C\CCCCCCC(=O)OC(COC(=O)CCCC/C=C\C/C=C\C/C=C\C/C=C\C/C=C\C/C=C\CC)COP(=O)(O)OCC[N+](C)(C)C. The fourth-order valence-corrected chi connectivity index (χ4v) is 7.79. The normalized spacial score (nSPS) is 14.6. The number of carbonyl (C=O) groups is 2. The lowest BCUT2D eigenvalue weighted by molar-refractivity contribution is -0.870. The van der Waals surface area contributed by atoms with Crippen LogP contribution in [0.3, 0.4) is 0 Å². The highest BCUT2D eigenvalue weighted by Gasteiger charge is 2.27. The number of hydrogen-bond donors (Lipinski definition) is 1. The first kappa shape index (κ1) is 74.8. The van der Waals surface area contributed by atoms with Crippen LogP contribution in [0, 0.1) is 0 Å². The average Bonchev–Trinajstić information content (AvgIpc) is 3.42. The molecule has 80 heavy (non-hydrogen) atoms. The number of likely N-dealkylation sites (N-methyl/N-ethyl adjacent to an activating group) is 1. The van der Waals surface area contributed by atoms with E-state index >= 15 is 0 Å². The first-order chi connectivity index (χ1) is 39.0. The van der Waals surface area contributed by atoms with Crippen LogP contribution >= 0.6 is 7.82 Å². The molecule has 0 heterocycles. The van der Waals surface area contributed by atoms with Gasteiger partial charge in [0, 0.05) is 12.8 Å². The molecule has 0 rings (SSSR count). The van der Waals surface area contributed by atoms with Crippen molar-refractivity contribution < 1.29 is 42.1 Å². The summed E-state index contributed by atoms with van der Waals surface area (Å²) in [6, 6.07) is 0. The zero-order valence-electron chi connectivity index (χ0n) is 50.5. The Labute approximate surface area is 488 Å². The maximum atomic E-state index is 12.8. The molecule has 0 aromatic carbocycles. The number of phosphoric acid groups is 1. The molecule has 0 spiro atoms. The van der Waals surface area contributed by atoms with Gasteiger partial charge in [-0.3, -0.25) is 18.6 Å². The van der Waals surface area contributed by atoms with Crippen LogP contribution in [0.4, 0.5) is 0 Å². The molecule has 0 aromatic heterocycles. The Morgan fingerprint density at radius 3 is 1.01 bits per heavy atom. The van der Waals surface area contributed by atoms with Crippen molar-refractivity contribution in [3.05, 3.63) is 194 Å². The van der Waals surface area contributed by atoms with Gasteiger partial charge in [0.05, 0.1) is 27.7 Å². The molecule has 0 fully saturated rings. The van der Waals surface area contributed by atoms with Gasteiger partial charge in [-0.25, -0.2) is 4.57 Å². The number of allylic oxidation sites excluding steroid dienone is 32. The molecule has 0 radical (unpaired) electrons. The molecule has 0 aliphatic carbocycles. The molecule has 0 aliphatic rings. The van der Waals surface area contributed by atoms with E-state index in [1.54, 1.807) is 0 Å². The molecule has 2 unspecified atom stereocenters. The van der Waals surface area contributed by atoms with Crippen molar-refractivity contribution in [1.82, 2.24) is 0 Å². The summed E-state index contributed by atoms with van der Waals surface area (Å²) in [6.07, 6.45) is 92.2. The van der Waals surface area contributed by atoms with Gasteiger partial charge in [-0.2, -0.15) is 0 Å². The lowest BCUT2D eigenvalue weighted by Crippen LogP contribution is -2.37. The van der Waals surface area contributed by atoms with Gasteiger partial charge in [0.1, 0.15) is 19.8 Å². The predicted molar refractivity (Wildman–Crippen MR) is 343 cm³/mol. The zero-order chi connectivity index (χ0) is 58.4. The standard InChI is InChI=1S/C70H108NO8P/c1-6-8-10-12-14-16-18-20-22-24-26-28-29-30-31-32-33-34-35-36-37-38-39-40-41-43-45-47-49-51-53-55-57-59-61-63-70(73)79-68(67-78-80(74,75)77-65-64-71(3,4)5)66-76-69(72)62-60-58-56-54-52-50-48-46-44-42-27-25-23-21-19-17-15-13-11-9-7-2/h8-11,14-17,20-23,26-28,30-31,33-34,36-37,39-40,42-43,45-46,48-49,51-52,54,68H,6-7,12-13,18-19,24-25,29,32,35,38,41,44,47,50,53,55-67H2,1-5H3/p+1/b10-8-,11-9-,16-14-,17-15-,22-20-,23-21-,28-26-,31-30-,34-33-,37-36-,40-39-,42-27-,45-43-,48-46-,51-49-,54-52-. The highest BCUT2D eigenvalue weighted by molar-refractivity contribution is 7.47. The van der Waals surface area contributed by atoms with Crippen molar-refractivity contribution in [2.24, 2.45) is 0 Å². The maximum Gasteiger partial charge on any atom is 0.472 e. The molecule has 9 nitrogen and oxygen atoms in total. The second-order valence-electron chi connectivity index (χ2n) is 20.3. The molecule has 0 aromatic rings. The second-order valence-corrected chi connectivity index (χ2v) is 21.7. The largest absolute Gasteiger partial charge is 0.472 e. The van der Waals surface area contributed by atoms with Crippen LogP contribution in [0.2, 0.25) is 0 Å². The highest BCUT2D eigenvalue weighted by atomic mass is 31.2. The minimum atomic E-state index is -4.42. The lowest BCUT2D eigenvalue weighted by atomic mass is 10.1. The van der Waals surface area contributed by atoms with E-state index in [0.717, 1.165) is 141 Å². The van der Waals surface area contributed by atoms with Gasteiger partial charge in [0.25, 0.3) is 0 Å². The number of phosphoric ester groups is 1. The van der Waals surface area contributed by atoms with Gasteiger partial charge in [-0.15, -0.1) is 0 Å². The van der Waals surface area contributed by atoms with E-state index in [1.807, 2.05) is 21.1 Å². The molecule has 0 aliphatic heterocycles. The van der Waals surface area contributed by atoms with Gasteiger partial charge in [0.15, 0.2) is 6.10 Å². The minimum absolute atomic E-state index is 0.00668. The molecule has 1 N–H and O–H groups in total. The van der Waals surface area contributed by atoms with E-state index in [4.69, 9.17) is 18.5 Å². The van der Waals surface area contributed by atoms with Crippen molar-refractivity contribution in [2.45, 2.75) is 187 Å². The fraction of sp³-hybridized carbons (Fsp3) is 0.514. The summed E-state index contributed by atoms with van der Waals surface area (Å²) in [6.45, 7) is 4.08. The minimum Gasteiger partial charge on any atom is -0.462 e. The third-order valence-electron chi connectivity index (χ3n) is 11.6. The van der Waals surface area contributed by atoms with Crippen LogP contribution in [-0.4, -0.2) is 74.9 Å². The van der Waals surface area contributed by atoms with E-state index < -0.39 is 32.5 Å². The van der Waals surface area contributed by atoms with E-state index in [1.165, 1.54) is 0 Å². The first-order valence-corrected chi connectivity index (χ1v) is 31.7. The summed E-state index contributed by atoms with van der Waals surface area (Å²) in [5, 5.41) is 0. The van der Waals surface area contributed by atoms with Gasteiger partial charge < -0.3 is 18.9 Å². The molecular formula is C70H109NO8P+. The number of carbonyl (C=O) groups excluding carboxylic acids is 2. The first-order valence-electron chi connectivity index (χ1n) is 30.2. The van der Waals surface area contributed by atoms with E-state index in [2.05, 4.69) is 208 Å². The molecular weight excluding hydrogens is 1010 g/mol. The predicted octanol–water partition coefficient (Wildman–Crippen LogP) is 19.4. The van der Waals surface area contributed by atoms with Crippen LogP contribution < -0.4 is 0 Å². The summed E-state index contributed by atoms with van der Waals surface area (Å²) in [7, 11) is 1.40. The number of quaternary nitrogens is 1. The molecule has 446 valence electrons. The number of nitrogens with zero attached hydrogens (tertiary/aromatic N) is 1. The van der Waals surface area contributed by atoms with E-state index in [-0.39, 0.29) is 26.1 Å². The smallest absolute Gasteiger partial charge is 0.462 e. The Hall–Kier alpha value is -5.15. The number of rotatable bonds is 52. The summed E-state index contributed by atoms with van der Waals surface area (Å²) < 4.78 is 34.5. The molecule has 10 heteroatoms. The van der Waals surface area contributed by atoms with Crippen molar-refractivity contribution in [1.29, 1.82) is 0 Å². The van der Waals surface area contributed by atoms with Gasteiger partial charge in [0.2, 0.25) is 0 Å².